The van der Waals surface area contributed by atoms with Crippen LogP contribution in [0.3, 0.4) is 0 Å². The van der Waals surface area contributed by atoms with E-state index in [1.165, 1.54) is 13.1 Å². The van der Waals surface area contributed by atoms with Gasteiger partial charge >= 0.3 is 5.69 Å². The summed E-state index contributed by atoms with van der Waals surface area (Å²) in [5.74, 6) is -0.607. The van der Waals surface area contributed by atoms with Gasteiger partial charge in [0.05, 0.1) is 6.61 Å². The van der Waals surface area contributed by atoms with Gasteiger partial charge in [-0.2, -0.15) is 5.26 Å². The van der Waals surface area contributed by atoms with Crippen molar-refractivity contribution in [3.05, 3.63) is 32.6 Å². The van der Waals surface area contributed by atoms with Gasteiger partial charge in [-0.15, -0.1) is 0 Å². The van der Waals surface area contributed by atoms with Gasteiger partial charge in [-0.05, 0) is 6.92 Å². The van der Waals surface area contributed by atoms with Crippen LogP contribution in [0.2, 0.25) is 0 Å². The Hall–Kier alpha value is -1.95. The van der Waals surface area contributed by atoms with E-state index in [-0.39, 0.29) is 0 Å². The van der Waals surface area contributed by atoms with Crippen LogP contribution in [-0.2, 0) is 4.74 Å². The highest BCUT2D eigenvalue weighted by Crippen LogP contribution is 2.40. The van der Waals surface area contributed by atoms with Crippen LogP contribution in [0.4, 0.5) is 0 Å². The second kappa shape index (κ2) is 4.86. The number of aromatic nitrogens is 2. The summed E-state index contributed by atoms with van der Waals surface area (Å²) in [4.78, 5) is 25.3. The molecule has 1 aliphatic rings. The molecule has 8 heteroatoms. The Balaban J connectivity index is 2.51. The Kier molecular flexibility index (Phi) is 3.52. The molecule has 2 unspecified atom stereocenters. The fraction of sp³-hybridized carbons (Fsp3) is 0.583. The molecule has 0 spiro atoms. The molecule has 3 N–H and O–H groups in total. The largest absolute Gasteiger partial charge is 0.392 e. The van der Waals surface area contributed by atoms with E-state index >= 15 is 0 Å². The molecule has 1 aromatic rings. The molecule has 1 fully saturated rings. The first-order valence-electron chi connectivity index (χ1n) is 6.06. The van der Waals surface area contributed by atoms with Crippen molar-refractivity contribution in [1.29, 1.82) is 5.26 Å². The summed E-state index contributed by atoms with van der Waals surface area (Å²) in [5.41, 5.74) is -2.68. The zero-order chi connectivity index (χ0) is 15.1. The number of aromatic amines is 1. The number of ether oxygens (including phenoxy) is 1. The molecule has 8 nitrogen and oxygen atoms in total. The van der Waals surface area contributed by atoms with Crippen LogP contribution in [-0.4, -0.2) is 38.1 Å². The van der Waals surface area contributed by atoms with Crippen LogP contribution in [0.1, 0.15) is 18.7 Å². The number of nitrogens with one attached hydrogen (secondary N) is 1. The Bertz CT molecular complexity index is 673. The molecule has 4 atom stereocenters. The number of aliphatic hydroxyl groups is 2. The minimum absolute atomic E-state index is 0.299. The maximum absolute atomic E-state index is 11.8. The predicted molar refractivity (Wildman–Crippen MR) is 66.8 cm³/mol. The van der Waals surface area contributed by atoms with Crippen molar-refractivity contribution in [3.8, 4) is 6.07 Å². The van der Waals surface area contributed by atoms with Gasteiger partial charge in [0.2, 0.25) is 5.60 Å². The van der Waals surface area contributed by atoms with Crippen molar-refractivity contribution in [2.75, 3.05) is 6.61 Å². The van der Waals surface area contributed by atoms with Gasteiger partial charge < -0.3 is 14.9 Å². The zero-order valence-corrected chi connectivity index (χ0v) is 11.0. The number of nitrogens with zero attached hydrogens (tertiary/aromatic N) is 2. The Morgan fingerprint density at radius 2 is 2.25 bits per heavy atom. The molecule has 1 aliphatic heterocycles. The monoisotopic (exact) mass is 281 g/mol. The number of aliphatic hydroxyl groups excluding tert-OH is 2. The van der Waals surface area contributed by atoms with E-state index in [1.807, 2.05) is 0 Å². The predicted octanol–water partition coefficient (Wildman–Crippen LogP) is -1.37. The highest BCUT2D eigenvalue weighted by molar-refractivity contribution is 5.13. The Morgan fingerprint density at radius 3 is 2.75 bits per heavy atom. The first kappa shape index (κ1) is 14.5. The van der Waals surface area contributed by atoms with Crippen molar-refractivity contribution in [2.45, 2.75) is 31.8 Å². The topological polar surface area (TPSA) is 128 Å². The van der Waals surface area contributed by atoms with Gasteiger partial charge in [-0.1, -0.05) is 6.92 Å². The third-order valence-electron chi connectivity index (χ3n) is 3.60. The van der Waals surface area contributed by atoms with E-state index in [0.29, 0.717) is 5.56 Å². The number of hydrogen-bond acceptors (Lipinski definition) is 6. The maximum atomic E-state index is 11.8. The molecular formula is C12H15N3O5. The molecule has 0 radical (unpaired) electrons. The lowest BCUT2D eigenvalue weighted by Gasteiger charge is -2.21. The van der Waals surface area contributed by atoms with Crippen LogP contribution in [0.25, 0.3) is 0 Å². The van der Waals surface area contributed by atoms with Crippen LogP contribution in [0.5, 0.6) is 0 Å². The zero-order valence-electron chi connectivity index (χ0n) is 11.0. The molecule has 108 valence electrons. The molecule has 0 amide bonds. The molecule has 0 aliphatic carbocycles. The van der Waals surface area contributed by atoms with Crippen molar-refractivity contribution in [2.24, 2.45) is 5.92 Å². The maximum Gasteiger partial charge on any atom is 0.330 e. The second-order valence-corrected chi connectivity index (χ2v) is 4.95. The molecule has 1 saturated heterocycles. The molecule has 1 aromatic heterocycles. The molecule has 20 heavy (non-hydrogen) atoms. The highest BCUT2D eigenvalue weighted by atomic mass is 16.6. The molecule has 0 aromatic carbocycles. The second-order valence-electron chi connectivity index (χ2n) is 4.95. The van der Waals surface area contributed by atoms with Crippen molar-refractivity contribution in [3.63, 3.8) is 0 Å². The fourth-order valence-electron chi connectivity index (χ4n) is 2.32. The van der Waals surface area contributed by atoms with E-state index in [1.54, 1.807) is 13.0 Å². The van der Waals surface area contributed by atoms with Crippen LogP contribution < -0.4 is 11.2 Å². The summed E-state index contributed by atoms with van der Waals surface area (Å²) < 4.78 is 6.52. The van der Waals surface area contributed by atoms with Gasteiger partial charge in [0.15, 0.2) is 0 Å². The fourth-order valence-corrected chi connectivity index (χ4v) is 2.32. The highest BCUT2D eigenvalue weighted by Gasteiger charge is 2.54. The molecule has 2 heterocycles. The van der Waals surface area contributed by atoms with Gasteiger partial charge in [0.1, 0.15) is 18.4 Å². The van der Waals surface area contributed by atoms with E-state index in [0.717, 1.165) is 4.57 Å². The summed E-state index contributed by atoms with van der Waals surface area (Å²) in [6.07, 6.45) is -0.888. The van der Waals surface area contributed by atoms with Gasteiger partial charge in [-0.25, -0.2) is 4.79 Å². The van der Waals surface area contributed by atoms with E-state index in [9.17, 15) is 19.8 Å². The smallest absolute Gasteiger partial charge is 0.330 e. The first-order valence-corrected chi connectivity index (χ1v) is 6.06. The van der Waals surface area contributed by atoms with E-state index in [2.05, 4.69) is 4.98 Å². The Labute approximate surface area is 113 Å². The van der Waals surface area contributed by atoms with Crippen molar-refractivity contribution < 1.29 is 14.9 Å². The number of hydrogen-bond donors (Lipinski definition) is 3. The Morgan fingerprint density at radius 1 is 1.60 bits per heavy atom. The average Bonchev–Trinajstić information content (AvgIpc) is 2.68. The minimum Gasteiger partial charge on any atom is -0.392 e. The van der Waals surface area contributed by atoms with E-state index in [4.69, 9.17) is 10.00 Å². The van der Waals surface area contributed by atoms with Gasteiger partial charge in [-0.3, -0.25) is 14.3 Å². The van der Waals surface area contributed by atoms with Crippen molar-refractivity contribution in [1.82, 2.24) is 9.55 Å². The minimum atomic E-state index is -1.77. The quantitative estimate of drug-likeness (QED) is 0.613. The summed E-state index contributed by atoms with van der Waals surface area (Å²) >= 11 is 0. The average molecular weight is 281 g/mol. The summed E-state index contributed by atoms with van der Waals surface area (Å²) in [5, 5.41) is 28.4. The van der Waals surface area contributed by atoms with Crippen molar-refractivity contribution >= 4 is 0 Å². The SMILES string of the molecule is Cc1cn([C@@H]2O[C@](C#N)(CO)C(O)C2C)c(=O)[nH]c1=O. The molecule has 0 saturated carbocycles. The molecular weight excluding hydrogens is 266 g/mol. The van der Waals surface area contributed by atoms with Crippen LogP contribution >= 0.6 is 0 Å². The number of H-pyrrole nitrogens is 1. The van der Waals surface area contributed by atoms with Crippen LogP contribution in [0, 0.1) is 24.2 Å². The summed E-state index contributed by atoms with van der Waals surface area (Å²) in [6.45, 7) is 2.42. The number of nitriles is 1. The van der Waals surface area contributed by atoms with Gasteiger partial charge in [0.25, 0.3) is 5.56 Å². The third-order valence-corrected chi connectivity index (χ3v) is 3.60. The van der Waals surface area contributed by atoms with Crippen LogP contribution in [0.15, 0.2) is 15.8 Å². The first-order chi connectivity index (χ1) is 9.36. The standard InChI is InChI=1S/C12H15N3O5/c1-6-3-15(11(19)14-9(6)18)10-7(2)8(17)12(4-13,5-16)20-10/h3,7-8,10,16-17H,5H2,1-2H3,(H,14,18,19)/t7?,8?,10-,12-/m1/s1. The normalized spacial score (nSPS) is 33.0. The molecule has 0 bridgehead atoms. The number of rotatable bonds is 2. The summed E-state index contributed by atoms with van der Waals surface area (Å²) in [7, 11) is 0. The molecule has 2 rings (SSSR count). The van der Waals surface area contributed by atoms with Gasteiger partial charge in [0, 0.05) is 17.7 Å². The lowest BCUT2D eigenvalue weighted by molar-refractivity contribution is -0.0932. The lowest BCUT2D eigenvalue weighted by Crippen LogP contribution is -2.43. The lowest BCUT2D eigenvalue weighted by atomic mass is 9.92. The van der Waals surface area contributed by atoms with E-state index < -0.39 is 41.7 Å². The number of aryl methyl sites for hydroxylation is 1. The third kappa shape index (κ3) is 1.96. The summed E-state index contributed by atoms with van der Waals surface area (Å²) in [6, 6.07) is 1.74.